The number of carbonyl (C=O) groups is 1. The highest BCUT2D eigenvalue weighted by Gasteiger charge is 2.38. The zero-order valence-electron chi connectivity index (χ0n) is 12.6. The lowest BCUT2D eigenvalue weighted by molar-refractivity contribution is -0.131. The third-order valence-electron chi connectivity index (χ3n) is 5.20. The quantitative estimate of drug-likeness (QED) is 0.859. The zero-order chi connectivity index (χ0) is 14.4. The van der Waals surface area contributed by atoms with Crippen LogP contribution in [0.5, 0.6) is 0 Å². The molecule has 0 radical (unpaired) electrons. The van der Waals surface area contributed by atoms with E-state index in [0.717, 1.165) is 50.8 Å². The van der Waals surface area contributed by atoms with Crippen LogP contribution in [0.2, 0.25) is 0 Å². The molecule has 0 aromatic heterocycles. The first-order valence-electron chi connectivity index (χ1n) is 8.16. The van der Waals surface area contributed by atoms with Gasteiger partial charge in [-0.1, -0.05) is 25.1 Å². The molecule has 1 N–H and O–H groups in total. The third-order valence-corrected chi connectivity index (χ3v) is 5.20. The number of hydrogen-bond donors (Lipinski definition) is 1. The van der Waals surface area contributed by atoms with Crippen molar-refractivity contribution < 1.29 is 4.79 Å². The molecule has 1 atom stereocenters. The summed E-state index contributed by atoms with van der Waals surface area (Å²) in [4.78, 5) is 14.9. The molecule has 3 nitrogen and oxygen atoms in total. The summed E-state index contributed by atoms with van der Waals surface area (Å²) in [5.41, 5.74) is 6.47. The topological polar surface area (TPSA) is 32.3 Å². The molecule has 1 aromatic carbocycles. The molecule has 0 aliphatic carbocycles. The minimum absolute atomic E-state index is 0.247. The maximum atomic E-state index is 12.8. The predicted octanol–water partition coefficient (Wildman–Crippen LogP) is 2.72. The minimum atomic E-state index is 0.247. The fourth-order valence-corrected chi connectivity index (χ4v) is 4.01. The van der Waals surface area contributed by atoms with E-state index in [1.54, 1.807) is 0 Å². The number of hydrogen-bond acceptors (Lipinski definition) is 2. The molecule has 3 heterocycles. The lowest BCUT2D eigenvalue weighted by atomic mass is 9.83. The summed E-state index contributed by atoms with van der Waals surface area (Å²) in [6, 6.07) is 7.07. The molecule has 0 saturated carbocycles. The summed E-state index contributed by atoms with van der Waals surface area (Å²) in [5, 5.41) is 3.47. The zero-order valence-corrected chi connectivity index (χ0v) is 12.6. The molecular formula is C18H22N2O. The van der Waals surface area contributed by atoms with Crippen LogP contribution in [0.15, 0.2) is 29.5 Å². The van der Waals surface area contributed by atoms with Crippen molar-refractivity contribution in [2.24, 2.45) is 0 Å². The molecule has 1 aromatic rings. The average Bonchev–Trinajstić information content (AvgIpc) is 2.54. The number of benzene rings is 1. The SMILES string of the molecule is CCc1ccc2c(c1)CCN1C(=O)C3=C(CC21)NCCC3. The molecule has 1 unspecified atom stereocenters. The van der Waals surface area contributed by atoms with Gasteiger partial charge in [0.15, 0.2) is 0 Å². The van der Waals surface area contributed by atoms with Gasteiger partial charge in [-0.15, -0.1) is 0 Å². The molecule has 3 heteroatoms. The first kappa shape index (κ1) is 12.9. The summed E-state index contributed by atoms with van der Waals surface area (Å²) in [5.74, 6) is 0.277. The summed E-state index contributed by atoms with van der Waals surface area (Å²) < 4.78 is 0. The Morgan fingerprint density at radius 2 is 2.24 bits per heavy atom. The van der Waals surface area contributed by atoms with Gasteiger partial charge in [0.1, 0.15) is 0 Å². The second-order valence-corrected chi connectivity index (χ2v) is 6.34. The van der Waals surface area contributed by atoms with E-state index in [-0.39, 0.29) is 11.9 Å². The van der Waals surface area contributed by atoms with Gasteiger partial charge >= 0.3 is 0 Å². The Balaban J connectivity index is 1.74. The van der Waals surface area contributed by atoms with Crippen LogP contribution in [0.25, 0.3) is 0 Å². The number of nitrogens with one attached hydrogen (secondary N) is 1. The highest BCUT2D eigenvalue weighted by Crippen LogP contribution is 2.40. The summed E-state index contributed by atoms with van der Waals surface area (Å²) in [6.45, 7) is 4.09. The van der Waals surface area contributed by atoms with E-state index in [9.17, 15) is 4.79 Å². The van der Waals surface area contributed by atoms with Crippen molar-refractivity contribution >= 4 is 5.91 Å². The van der Waals surface area contributed by atoms with Crippen molar-refractivity contribution in [2.75, 3.05) is 13.1 Å². The van der Waals surface area contributed by atoms with Gasteiger partial charge in [0.05, 0.1) is 6.04 Å². The molecule has 3 aliphatic rings. The van der Waals surface area contributed by atoms with Crippen LogP contribution < -0.4 is 5.32 Å². The van der Waals surface area contributed by atoms with Gasteiger partial charge in [-0.25, -0.2) is 0 Å². The largest absolute Gasteiger partial charge is 0.388 e. The fraction of sp³-hybridized carbons (Fsp3) is 0.500. The molecule has 4 rings (SSSR count). The van der Waals surface area contributed by atoms with Crippen LogP contribution >= 0.6 is 0 Å². The summed E-state index contributed by atoms with van der Waals surface area (Å²) in [7, 11) is 0. The maximum absolute atomic E-state index is 12.8. The van der Waals surface area contributed by atoms with Crippen LogP contribution in [-0.4, -0.2) is 23.9 Å². The number of nitrogens with zero attached hydrogens (tertiary/aromatic N) is 1. The molecule has 110 valence electrons. The normalized spacial score (nSPS) is 24.1. The molecule has 0 spiro atoms. The van der Waals surface area contributed by atoms with Crippen molar-refractivity contribution in [3.63, 3.8) is 0 Å². The Morgan fingerprint density at radius 1 is 1.33 bits per heavy atom. The van der Waals surface area contributed by atoms with Crippen molar-refractivity contribution in [2.45, 2.75) is 45.1 Å². The van der Waals surface area contributed by atoms with E-state index < -0.39 is 0 Å². The standard InChI is InChI=1S/C18H22N2O/c1-2-12-5-6-14-13(10-12)7-9-20-17(14)11-16-15(18(20)21)4-3-8-19-16/h5-6,10,17,19H,2-4,7-9,11H2,1H3. The van der Waals surface area contributed by atoms with Crippen LogP contribution in [-0.2, 0) is 17.6 Å². The van der Waals surface area contributed by atoms with Crippen LogP contribution in [0.1, 0.15) is 48.9 Å². The number of carbonyl (C=O) groups excluding carboxylic acids is 1. The second kappa shape index (κ2) is 4.90. The third kappa shape index (κ3) is 1.98. The monoisotopic (exact) mass is 282 g/mol. The molecule has 0 fully saturated rings. The molecule has 3 aliphatic heterocycles. The smallest absolute Gasteiger partial charge is 0.252 e. The first-order chi connectivity index (χ1) is 10.3. The second-order valence-electron chi connectivity index (χ2n) is 6.34. The van der Waals surface area contributed by atoms with Gasteiger partial charge in [-0.2, -0.15) is 0 Å². The predicted molar refractivity (Wildman–Crippen MR) is 82.9 cm³/mol. The van der Waals surface area contributed by atoms with E-state index in [4.69, 9.17) is 0 Å². The van der Waals surface area contributed by atoms with E-state index in [1.165, 1.54) is 22.4 Å². The van der Waals surface area contributed by atoms with Crippen molar-refractivity contribution in [1.82, 2.24) is 10.2 Å². The Hall–Kier alpha value is -1.77. The number of aryl methyl sites for hydroxylation is 1. The van der Waals surface area contributed by atoms with E-state index in [0.29, 0.717) is 0 Å². The van der Waals surface area contributed by atoms with Gasteiger partial charge in [0.2, 0.25) is 0 Å². The fourth-order valence-electron chi connectivity index (χ4n) is 4.01. The van der Waals surface area contributed by atoms with E-state index in [1.807, 2.05) is 0 Å². The Kier molecular flexibility index (Phi) is 3.02. The average molecular weight is 282 g/mol. The highest BCUT2D eigenvalue weighted by molar-refractivity contribution is 5.95. The molecule has 0 saturated heterocycles. The number of rotatable bonds is 1. The van der Waals surface area contributed by atoms with Crippen LogP contribution in [0, 0.1) is 0 Å². The molecule has 21 heavy (non-hydrogen) atoms. The van der Waals surface area contributed by atoms with Gasteiger partial charge < -0.3 is 10.2 Å². The Labute approximate surface area is 126 Å². The van der Waals surface area contributed by atoms with E-state index in [2.05, 4.69) is 35.3 Å². The van der Waals surface area contributed by atoms with Gasteiger partial charge in [0.25, 0.3) is 5.91 Å². The Morgan fingerprint density at radius 3 is 3.10 bits per heavy atom. The molecule has 0 bridgehead atoms. The summed E-state index contributed by atoms with van der Waals surface area (Å²) in [6.07, 6.45) is 5.09. The lowest BCUT2D eigenvalue weighted by Gasteiger charge is -2.43. The van der Waals surface area contributed by atoms with Crippen LogP contribution in [0.4, 0.5) is 0 Å². The van der Waals surface area contributed by atoms with Gasteiger partial charge in [0, 0.05) is 30.8 Å². The number of amides is 1. The van der Waals surface area contributed by atoms with Gasteiger partial charge in [-0.05, 0) is 42.4 Å². The van der Waals surface area contributed by atoms with Crippen molar-refractivity contribution in [3.05, 3.63) is 46.2 Å². The maximum Gasteiger partial charge on any atom is 0.252 e. The van der Waals surface area contributed by atoms with Gasteiger partial charge in [-0.3, -0.25) is 4.79 Å². The van der Waals surface area contributed by atoms with Crippen molar-refractivity contribution in [3.8, 4) is 0 Å². The number of fused-ring (bicyclic) bond motifs is 3. The molecule has 1 amide bonds. The minimum Gasteiger partial charge on any atom is -0.388 e. The van der Waals surface area contributed by atoms with Crippen molar-refractivity contribution in [1.29, 1.82) is 0 Å². The summed E-state index contributed by atoms with van der Waals surface area (Å²) >= 11 is 0. The highest BCUT2D eigenvalue weighted by atomic mass is 16.2. The lowest BCUT2D eigenvalue weighted by Crippen LogP contribution is -2.46. The van der Waals surface area contributed by atoms with Crippen LogP contribution in [0.3, 0.4) is 0 Å². The first-order valence-corrected chi connectivity index (χ1v) is 8.16. The van der Waals surface area contributed by atoms with E-state index >= 15 is 0 Å². The molecular weight excluding hydrogens is 260 g/mol. The Bertz CT molecular complexity index is 632.